The number of aromatic nitrogens is 1. The molecule has 3 nitrogen and oxygen atoms in total. The van der Waals surface area contributed by atoms with Gasteiger partial charge in [0.05, 0.1) is 11.2 Å². The summed E-state index contributed by atoms with van der Waals surface area (Å²) in [7, 11) is 2.19. The zero-order valence-electron chi connectivity index (χ0n) is 11.5. The lowest BCUT2D eigenvalue weighted by Crippen LogP contribution is -2.31. The van der Waals surface area contributed by atoms with Gasteiger partial charge in [-0.2, -0.15) is 0 Å². The van der Waals surface area contributed by atoms with Gasteiger partial charge in [-0.25, -0.2) is 4.98 Å². The summed E-state index contributed by atoms with van der Waals surface area (Å²) in [6.45, 7) is 11.0. The first-order chi connectivity index (χ1) is 8.13. The molecule has 1 rings (SSSR count). The Labute approximate surface area is 109 Å². The van der Waals surface area contributed by atoms with Crippen LogP contribution in [0.2, 0.25) is 0 Å². The number of thiazole rings is 1. The molecule has 1 atom stereocenters. The van der Waals surface area contributed by atoms with E-state index in [2.05, 4.69) is 43.0 Å². The first-order valence-electron chi connectivity index (χ1n) is 6.41. The fourth-order valence-corrected chi connectivity index (χ4v) is 2.77. The minimum Gasteiger partial charge on any atom is -0.316 e. The number of rotatable bonds is 8. The van der Waals surface area contributed by atoms with Gasteiger partial charge in [-0.3, -0.25) is 0 Å². The van der Waals surface area contributed by atoms with Crippen LogP contribution in [0.5, 0.6) is 0 Å². The zero-order chi connectivity index (χ0) is 12.7. The van der Waals surface area contributed by atoms with Crippen LogP contribution in [0.3, 0.4) is 0 Å². The SMILES string of the molecule is CCCNCC(C)CN(C)Cc1scnc1C. The Morgan fingerprint density at radius 2 is 2.29 bits per heavy atom. The molecule has 1 heterocycles. The van der Waals surface area contributed by atoms with Crippen LogP contribution in [0.15, 0.2) is 5.51 Å². The third-order valence-corrected chi connectivity index (χ3v) is 3.72. The van der Waals surface area contributed by atoms with Crippen molar-refractivity contribution < 1.29 is 0 Å². The fraction of sp³-hybridized carbons (Fsp3) is 0.769. The first-order valence-corrected chi connectivity index (χ1v) is 7.29. The molecule has 0 bridgehead atoms. The van der Waals surface area contributed by atoms with Gasteiger partial charge in [0.2, 0.25) is 0 Å². The minimum absolute atomic E-state index is 0.694. The normalized spacial score (nSPS) is 13.2. The predicted octanol–water partition coefficient (Wildman–Crippen LogP) is 2.52. The summed E-state index contributed by atoms with van der Waals surface area (Å²) in [5.41, 5.74) is 3.11. The first kappa shape index (κ1) is 14.6. The Bertz CT molecular complexity index is 311. The summed E-state index contributed by atoms with van der Waals surface area (Å²) < 4.78 is 0. The molecular formula is C13H25N3S. The number of nitrogens with zero attached hydrogens (tertiary/aromatic N) is 2. The smallest absolute Gasteiger partial charge is 0.0798 e. The predicted molar refractivity (Wildman–Crippen MR) is 75.5 cm³/mol. The third kappa shape index (κ3) is 5.61. The highest BCUT2D eigenvalue weighted by Crippen LogP contribution is 2.14. The second-order valence-corrected chi connectivity index (χ2v) is 5.81. The molecule has 0 aliphatic carbocycles. The molecule has 0 radical (unpaired) electrons. The highest BCUT2D eigenvalue weighted by molar-refractivity contribution is 7.09. The van der Waals surface area contributed by atoms with Gasteiger partial charge in [-0.1, -0.05) is 13.8 Å². The Kier molecular flexibility index (Phi) is 6.70. The number of hydrogen-bond acceptors (Lipinski definition) is 4. The van der Waals surface area contributed by atoms with E-state index in [1.165, 1.54) is 17.0 Å². The molecule has 0 aliphatic heterocycles. The largest absolute Gasteiger partial charge is 0.316 e. The van der Waals surface area contributed by atoms with Crippen LogP contribution in [-0.2, 0) is 6.54 Å². The minimum atomic E-state index is 0.694. The molecule has 0 fully saturated rings. The van der Waals surface area contributed by atoms with E-state index in [-0.39, 0.29) is 0 Å². The molecule has 4 heteroatoms. The Morgan fingerprint density at radius 1 is 1.53 bits per heavy atom. The second-order valence-electron chi connectivity index (χ2n) is 4.87. The van der Waals surface area contributed by atoms with Crippen molar-refractivity contribution in [2.24, 2.45) is 5.92 Å². The van der Waals surface area contributed by atoms with Gasteiger partial charge in [0.15, 0.2) is 0 Å². The molecule has 1 aromatic rings. The van der Waals surface area contributed by atoms with Crippen molar-refractivity contribution in [3.05, 3.63) is 16.1 Å². The van der Waals surface area contributed by atoms with Crippen molar-refractivity contribution in [1.82, 2.24) is 15.2 Å². The van der Waals surface area contributed by atoms with Crippen molar-refractivity contribution in [1.29, 1.82) is 0 Å². The van der Waals surface area contributed by atoms with Gasteiger partial charge < -0.3 is 10.2 Å². The topological polar surface area (TPSA) is 28.2 Å². The molecule has 0 aliphatic rings. The maximum Gasteiger partial charge on any atom is 0.0798 e. The highest BCUT2D eigenvalue weighted by Gasteiger charge is 2.09. The van der Waals surface area contributed by atoms with Crippen LogP contribution < -0.4 is 5.32 Å². The van der Waals surface area contributed by atoms with Crippen molar-refractivity contribution in [2.45, 2.75) is 33.7 Å². The fourth-order valence-electron chi connectivity index (χ4n) is 1.91. The molecular weight excluding hydrogens is 230 g/mol. The molecule has 1 aromatic heterocycles. The molecule has 0 amide bonds. The molecule has 0 saturated carbocycles. The van der Waals surface area contributed by atoms with Crippen LogP contribution in [0, 0.1) is 12.8 Å². The van der Waals surface area contributed by atoms with E-state index in [0.29, 0.717) is 5.92 Å². The summed E-state index contributed by atoms with van der Waals surface area (Å²) in [5.74, 6) is 0.694. The van der Waals surface area contributed by atoms with Crippen molar-refractivity contribution in [3.63, 3.8) is 0 Å². The molecule has 0 spiro atoms. The summed E-state index contributed by atoms with van der Waals surface area (Å²) in [4.78, 5) is 8.07. The lowest BCUT2D eigenvalue weighted by molar-refractivity contribution is 0.275. The quantitative estimate of drug-likeness (QED) is 0.724. The lowest BCUT2D eigenvalue weighted by atomic mass is 10.1. The molecule has 0 saturated heterocycles. The zero-order valence-corrected chi connectivity index (χ0v) is 12.3. The van der Waals surface area contributed by atoms with Gasteiger partial charge in [-0.15, -0.1) is 11.3 Å². The van der Waals surface area contributed by atoms with Gasteiger partial charge in [0.1, 0.15) is 0 Å². The number of hydrogen-bond donors (Lipinski definition) is 1. The van der Waals surface area contributed by atoms with Gasteiger partial charge in [0.25, 0.3) is 0 Å². The summed E-state index contributed by atoms with van der Waals surface area (Å²) in [6.07, 6.45) is 1.21. The van der Waals surface area contributed by atoms with Crippen molar-refractivity contribution in [2.75, 3.05) is 26.7 Å². The maximum atomic E-state index is 4.29. The maximum absolute atomic E-state index is 4.29. The Morgan fingerprint density at radius 3 is 2.88 bits per heavy atom. The molecule has 98 valence electrons. The molecule has 0 aromatic carbocycles. The molecule has 1 N–H and O–H groups in total. The van der Waals surface area contributed by atoms with E-state index in [0.717, 1.165) is 26.2 Å². The van der Waals surface area contributed by atoms with E-state index < -0.39 is 0 Å². The van der Waals surface area contributed by atoms with Crippen LogP contribution in [-0.4, -0.2) is 36.6 Å². The summed E-state index contributed by atoms with van der Waals surface area (Å²) in [6, 6.07) is 0. The average molecular weight is 255 g/mol. The van der Waals surface area contributed by atoms with Gasteiger partial charge in [0, 0.05) is 18.0 Å². The van der Waals surface area contributed by atoms with E-state index in [1.54, 1.807) is 11.3 Å². The van der Waals surface area contributed by atoms with Crippen LogP contribution >= 0.6 is 11.3 Å². The standard InChI is InChI=1S/C13H25N3S/c1-5-6-14-7-11(2)8-16(4)9-13-12(3)15-10-17-13/h10-11,14H,5-9H2,1-4H3. The monoisotopic (exact) mass is 255 g/mol. The molecule has 1 unspecified atom stereocenters. The lowest BCUT2D eigenvalue weighted by Gasteiger charge is -2.21. The van der Waals surface area contributed by atoms with Gasteiger partial charge in [-0.05, 0) is 39.4 Å². The van der Waals surface area contributed by atoms with Crippen LogP contribution in [0.25, 0.3) is 0 Å². The second kappa shape index (κ2) is 7.80. The summed E-state index contributed by atoms with van der Waals surface area (Å²) in [5, 5.41) is 3.47. The van der Waals surface area contributed by atoms with E-state index in [4.69, 9.17) is 0 Å². The van der Waals surface area contributed by atoms with Crippen molar-refractivity contribution in [3.8, 4) is 0 Å². The Balaban J connectivity index is 2.24. The number of nitrogens with one attached hydrogen (secondary N) is 1. The van der Waals surface area contributed by atoms with Crippen LogP contribution in [0.1, 0.15) is 30.8 Å². The van der Waals surface area contributed by atoms with E-state index >= 15 is 0 Å². The average Bonchev–Trinajstić information content (AvgIpc) is 2.64. The highest BCUT2D eigenvalue weighted by atomic mass is 32.1. The van der Waals surface area contributed by atoms with Gasteiger partial charge >= 0.3 is 0 Å². The van der Waals surface area contributed by atoms with Crippen molar-refractivity contribution >= 4 is 11.3 Å². The van der Waals surface area contributed by atoms with E-state index in [9.17, 15) is 0 Å². The summed E-state index contributed by atoms with van der Waals surface area (Å²) >= 11 is 1.76. The van der Waals surface area contributed by atoms with E-state index in [1.807, 2.05) is 5.51 Å². The number of aryl methyl sites for hydroxylation is 1. The van der Waals surface area contributed by atoms with Crippen LogP contribution in [0.4, 0.5) is 0 Å². The third-order valence-electron chi connectivity index (χ3n) is 2.80. The Hall–Kier alpha value is -0.450. The molecule has 17 heavy (non-hydrogen) atoms.